The number of piperidine rings is 1. The highest BCUT2D eigenvalue weighted by atomic mass is 16.3. The van der Waals surface area contributed by atoms with Crippen LogP contribution < -0.4 is 5.73 Å². The lowest BCUT2D eigenvalue weighted by atomic mass is 9.84. The van der Waals surface area contributed by atoms with E-state index in [1.165, 1.54) is 18.4 Å². The lowest BCUT2D eigenvalue weighted by molar-refractivity contribution is -0.134. The van der Waals surface area contributed by atoms with Crippen LogP contribution >= 0.6 is 0 Å². The summed E-state index contributed by atoms with van der Waals surface area (Å²) in [6.07, 6.45) is 5.51. The van der Waals surface area contributed by atoms with Gasteiger partial charge in [-0.3, -0.25) is 14.5 Å². The fourth-order valence-corrected chi connectivity index (χ4v) is 5.50. The third kappa shape index (κ3) is 5.19. The number of nitrogens with two attached hydrogens (primary N) is 1. The second-order valence-electron chi connectivity index (χ2n) is 9.09. The van der Waals surface area contributed by atoms with Crippen molar-refractivity contribution in [1.82, 2.24) is 9.80 Å². The molecule has 2 saturated heterocycles. The number of aliphatic hydroxyl groups excluding tert-OH is 1. The van der Waals surface area contributed by atoms with Crippen LogP contribution in [-0.4, -0.2) is 58.5 Å². The van der Waals surface area contributed by atoms with E-state index in [4.69, 9.17) is 5.73 Å². The van der Waals surface area contributed by atoms with Crippen molar-refractivity contribution in [2.45, 2.75) is 56.7 Å². The molecule has 6 nitrogen and oxygen atoms in total. The molecule has 3 atom stereocenters. The quantitative estimate of drug-likeness (QED) is 0.634. The molecule has 2 heterocycles. The van der Waals surface area contributed by atoms with Crippen LogP contribution in [0.15, 0.2) is 54.6 Å². The molecule has 2 bridgehead atoms. The summed E-state index contributed by atoms with van der Waals surface area (Å²) in [5.41, 5.74) is 8.36. The number of benzene rings is 2. The topological polar surface area (TPSA) is 86.9 Å². The van der Waals surface area contributed by atoms with Gasteiger partial charge in [0.25, 0.3) is 0 Å². The minimum atomic E-state index is -0.451. The molecule has 4 rings (SSSR count). The van der Waals surface area contributed by atoms with Gasteiger partial charge in [0.05, 0.1) is 0 Å². The number of aliphatic hydroxyl groups is 1. The zero-order valence-electron chi connectivity index (χ0n) is 18.5. The molecule has 6 heteroatoms. The highest BCUT2D eigenvalue weighted by Crippen LogP contribution is 2.43. The van der Waals surface area contributed by atoms with Crippen molar-refractivity contribution >= 4 is 11.8 Å². The minimum absolute atomic E-state index is 0.218. The Morgan fingerprint density at radius 1 is 1.03 bits per heavy atom. The number of hydrogen-bond acceptors (Lipinski definition) is 4. The number of hydrogen-bond donors (Lipinski definition) is 2. The zero-order chi connectivity index (χ0) is 22.5. The Kier molecular flexibility index (Phi) is 7.22. The molecule has 2 aliphatic heterocycles. The van der Waals surface area contributed by atoms with Crippen molar-refractivity contribution in [1.29, 1.82) is 0 Å². The Bertz CT molecular complexity index is 919. The van der Waals surface area contributed by atoms with Gasteiger partial charge in [-0.15, -0.1) is 0 Å². The van der Waals surface area contributed by atoms with E-state index in [0.29, 0.717) is 36.7 Å². The summed E-state index contributed by atoms with van der Waals surface area (Å²) in [6.45, 7) is 1.70. The maximum atomic E-state index is 12.2. The first-order valence-corrected chi connectivity index (χ1v) is 11.6. The molecule has 0 aromatic heterocycles. The van der Waals surface area contributed by atoms with E-state index in [1.54, 1.807) is 11.0 Å². The number of rotatable bonds is 9. The molecule has 170 valence electrons. The van der Waals surface area contributed by atoms with Gasteiger partial charge in [-0.2, -0.15) is 0 Å². The number of primary amides is 1. The number of nitrogens with zero attached hydrogens (tertiary/aromatic N) is 2. The minimum Gasteiger partial charge on any atom is -0.387 e. The summed E-state index contributed by atoms with van der Waals surface area (Å²) in [6, 6.07) is 18.8. The Morgan fingerprint density at radius 2 is 1.75 bits per heavy atom. The molecule has 0 spiro atoms. The summed E-state index contributed by atoms with van der Waals surface area (Å²) in [4.78, 5) is 28.2. The molecule has 0 radical (unpaired) electrons. The van der Waals surface area contributed by atoms with Crippen molar-refractivity contribution in [2.24, 2.45) is 5.73 Å². The van der Waals surface area contributed by atoms with Gasteiger partial charge < -0.3 is 15.7 Å². The highest BCUT2D eigenvalue weighted by Gasteiger charge is 2.40. The van der Waals surface area contributed by atoms with E-state index in [9.17, 15) is 14.7 Å². The normalized spacial score (nSPS) is 22.6. The van der Waals surface area contributed by atoms with Crippen LogP contribution in [0.1, 0.15) is 59.5 Å². The van der Waals surface area contributed by atoms with E-state index in [2.05, 4.69) is 11.0 Å². The molecule has 2 aliphatic rings. The Balaban J connectivity index is 1.33. The smallest absolute Gasteiger partial charge is 0.248 e. The summed E-state index contributed by atoms with van der Waals surface area (Å²) in [5.74, 6) is -0.122. The molecule has 2 aromatic carbocycles. The van der Waals surface area contributed by atoms with Crippen molar-refractivity contribution in [3.05, 3.63) is 71.3 Å². The van der Waals surface area contributed by atoms with Gasteiger partial charge in [-0.1, -0.05) is 42.5 Å². The van der Waals surface area contributed by atoms with E-state index in [0.717, 1.165) is 31.4 Å². The van der Waals surface area contributed by atoms with Crippen LogP contribution in [0.2, 0.25) is 0 Å². The Labute approximate surface area is 190 Å². The largest absolute Gasteiger partial charge is 0.387 e. The van der Waals surface area contributed by atoms with Gasteiger partial charge in [0.15, 0.2) is 0 Å². The number of fused-ring (bicyclic) bond motifs is 2. The van der Waals surface area contributed by atoms with E-state index < -0.39 is 6.61 Å². The van der Waals surface area contributed by atoms with Gasteiger partial charge in [-0.25, -0.2) is 0 Å². The van der Waals surface area contributed by atoms with Crippen LogP contribution in [0.3, 0.4) is 0 Å². The number of carbonyl (C=O) groups is 2. The molecule has 2 fully saturated rings. The van der Waals surface area contributed by atoms with E-state index in [1.807, 2.05) is 42.5 Å². The molecule has 2 amide bonds. The molecule has 3 N–H and O–H groups in total. The number of carbonyl (C=O) groups excluding carboxylic acids is 2. The first-order valence-electron chi connectivity index (χ1n) is 11.6. The Hall–Kier alpha value is -2.70. The molecule has 32 heavy (non-hydrogen) atoms. The van der Waals surface area contributed by atoms with Crippen LogP contribution in [0.25, 0.3) is 0 Å². The first-order chi connectivity index (χ1) is 15.5. The Morgan fingerprint density at radius 3 is 2.41 bits per heavy atom. The lowest BCUT2D eigenvalue weighted by Crippen LogP contribution is -2.44. The second kappa shape index (κ2) is 10.3. The first kappa shape index (κ1) is 22.5. The average Bonchev–Trinajstić information content (AvgIpc) is 3.05. The third-order valence-corrected chi connectivity index (χ3v) is 7.08. The van der Waals surface area contributed by atoms with Crippen molar-refractivity contribution in [2.75, 3.05) is 19.7 Å². The average molecular weight is 436 g/mol. The standard InChI is InChI=1S/C26H33N3O3/c27-26(32)21-9-4-8-20(14-21)22-15-23-10-11-24(16-22)29(23)13-5-12-28(25(31)18-30)17-19-6-2-1-3-7-19/h1-4,6-9,14,22-24,30H,5,10-13,15-18H2,(H2,27,32)/t22?,23-,24+. The predicted molar refractivity (Wildman–Crippen MR) is 124 cm³/mol. The lowest BCUT2D eigenvalue weighted by Gasteiger charge is -2.39. The fraction of sp³-hybridized carbons (Fsp3) is 0.462. The second-order valence-corrected chi connectivity index (χ2v) is 9.09. The van der Waals surface area contributed by atoms with Gasteiger partial charge in [-0.05, 0) is 61.3 Å². The fourth-order valence-electron chi connectivity index (χ4n) is 5.50. The molecular weight excluding hydrogens is 402 g/mol. The SMILES string of the molecule is NC(=O)c1cccc(C2C[C@H]3CC[C@@H](C2)N3CCCN(Cc2ccccc2)C(=O)CO)c1. The van der Waals surface area contributed by atoms with Gasteiger partial charge >= 0.3 is 0 Å². The van der Waals surface area contributed by atoms with Gasteiger partial charge in [0.1, 0.15) is 6.61 Å². The van der Waals surface area contributed by atoms with Crippen LogP contribution in [0.4, 0.5) is 0 Å². The van der Waals surface area contributed by atoms with Crippen molar-refractivity contribution < 1.29 is 14.7 Å². The molecule has 0 saturated carbocycles. The van der Waals surface area contributed by atoms with Crippen molar-refractivity contribution in [3.8, 4) is 0 Å². The summed E-state index contributed by atoms with van der Waals surface area (Å²) in [5, 5.41) is 9.39. The molecule has 1 unspecified atom stereocenters. The zero-order valence-corrected chi connectivity index (χ0v) is 18.5. The molecular formula is C26H33N3O3. The summed E-state index contributed by atoms with van der Waals surface area (Å²) >= 11 is 0. The van der Waals surface area contributed by atoms with Crippen LogP contribution in [-0.2, 0) is 11.3 Å². The van der Waals surface area contributed by atoms with Gasteiger partial charge in [0.2, 0.25) is 11.8 Å². The summed E-state index contributed by atoms with van der Waals surface area (Å²) in [7, 11) is 0. The van der Waals surface area contributed by atoms with E-state index >= 15 is 0 Å². The highest BCUT2D eigenvalue weighted by molar-refractivity contribution is 5.92. The third-order valence-electron chi connectivity index (χ3n) is 7.08. The van der Waals surface area contributed by atoms with Gasteiger partial charge in [0, 0.05) is 37.3 Å². The number of amides is 2. The van der Waals surface area contributed by atoms with Crippen molar-refractivity contribution in [3.63, 3.8) is 0 Å². The summed E-state index contributed by atoms with van der Waals surface area (Å²) < 4.78 is 0. The maximum Gasteiger partial charge on any atom is 0.248 e. The van der Waals surface area contributed by atoms with E-state index in [-0.39, 0.29) is 11.8 Å². The van der Waals surface area contributed by atoms with Crippen LogP contribution in [0.5, 0.6) is 0 Å². The predicted octanol–water partition coefficient (Wildman–Crippen LogP) is 2.91. The molecule has 2 aromatic rings. The molecule has 0 aliphatic carbocycles. The monoisotopic (exact) mass is 435 g/mol. The van der Waals surface area contributed by atoms with Crippen LogP contribution in [0, 0.1) is 0 Å². The maximum absolute atomic E-state index is 12.2.